The van der Waals surface area contributed by atoms with Gasteiger partial charge >= 0.3 is 5.76 Å². The number of benzene rings is 3. The van der Waals surface area contributed by atoms with Crippen LogP contribution in [0.3, 0.4) is 0 Å². The Bertz CT molecular complexity index is 1500. The molecule has 0 aliphatic heterocycles. The van der Waals surface area contributed by atoms with E-state index in [0.29, 0.717) is 11.4 Å². The highest BCUT2D eigenvalue weighted by Crippen LogP contribution is 2.27. The lowest BCUT2D eigenvalue weighted by atomic mass is 10.00. The van der Waals surface area contributed by atoms with Gasteiger partial charge in [-0.25, -0.2) is 9.78 Å². The van der Waals surface area contributed by atoms with E-state index in [1.54, 1.807) is 6.33 Å². The monoisotopic (exact) mass is 393 g/mol. The lowest BCUT2D eigenvalue weighted by Crippen LogP contribution is -1.95. The molecule has 0 fully saturated rings. The van der Waals surface area contributed by atoms with Crippen LogP contribution in [-0.4, -0.2) is 19.7 Å². The Morgan fingerprint density at radius 1 is 1.03 bits per heavy atom. The van der Waals surface area contributed by atoms with Crippen LogP contribution < -0.4 is 5.76 Å². The van der Waals surface area contributed by atoms with E-state index in [2.05, 4.69) is 31.8 Å². The predicted molar refractivity (Wildman–Crippen MR) is 112 cm³/mol. The quantitative estimate of drug-likeness (QED) is 0.495. The molecule has 2 heterocycles. The lowest BCUT2D eigenvalue weighted by molar-refractivity contribution is 0.388. The summed E-state index contributed by atoms with van der Waals surface area (Å²) in [6.07, 6.45) is 1.77. The Hall–Kier alpha value is -4.44. The largest absolute Gasteiger partial charge is 0.439 e. The van der Waals surface area contributed by atoms with Crippen LogP contribution in [0.1, 0.15) is 11.1 Å². The van der Waals surface area contributed by atoms with Gasteiger partial charge in [0.05, 0.1) is 22.7 Å². The summed E-state index contributed by atoms with van der Waals surface area (Å²) >= 11 is 0. The van der Waals surface area contributed by atoms with E-state index in [-0.39, 0.29) is 0 Å². The molecular formula is C23H15N5O2. The van der Waals surface area contributed by atoms with Crippen molar-refractivity contribution in [2.75, 3.05) is 0 Å². The molecule has 144 valence electrons. The predicted octanol–water partition coefficient (Wildman–Crippen LogP) is 4.22. The van der Waals surface area contributed by atoms with Crippen molar-refractivity contribution in [3.05, 3.63) is 88.7 Å². The van der Waals surface area contributed by atoms with Gasteiger partial charge < -0.3 is 0 Å². The average molecular weight is 393 g/mol. The van der Waals surface area contributed by atoms with Crippen molar-refractivity contribution in [2.45, 2.75) is 6.92 Å². The maximum absolute atomic E-state index is 11.3. The molecule has 7 heteroatoms. The minimum absolute atomic E-state index is 0.372. The lowest BCUT2D eigenvalue weighted by Gasteiger charge is -2.09. The van der Waals surface area contributed by atoms with Crippen LogP contribution in [-0.2, 0) is 0 Å². The van der Waals surface area contributed by atoms with E-state index in [4.69, 9.17) is 5.26 Å². The Morgan fingerprint density at radius 2 is 1.87 bits per heavy atom. The molecule has 2 aromatic heterocycles. The number of imidazole rings is 1. The van der Waals surface area contributed by atoms with Gasteiger partial charge in [0.1, 0.15) is 6.33 Å². The fraction of sp³-hybridized carbons (Fsp3) is 0.0435. The molecule has 1 N–H and O–H groups in total. The van der Waals surface area contributed by atoms with E-state index in [1.807, 2.05) is 66.1 Å². The molecule has 30 heavy (non-hydrogen) atoms. The standard InChI is InChI=1S/C23H15N5O2/c1-14-9-16(5-6-18(14)12-24)15-3-2-4-19(10-15)28-13-25-20-8-7-17(11-21(20)28)22-26-23(29)30-27-22/h2-11,13H,1H3,(H,26,27,29). The normalized spacial score (nSPS) is 10.9. The van der Waals surface area contributed by atoms with Gasteiger partial charge in [-0.05, 0) is 60.0 Å². The summed E-state index contributed by atoms with van der Waals surface area (Å²) in [5.41, 5.74) is 7.08. The Balaban J connectivity index is 1.61. The van der Waals surface area contributed by atoms with Gasteiger partial charge in [-0.1, -0.05) is 29.4 Å². The van der Waals surface area contributed by atoms with Gasteiger partial charge in [-0.15, -0.1) is 0 Å². The van der Waals surface area contributed by atoms with Gasteiger partial charge in [-0.2, -0.15) is 5.26 Å². The molecule has 0 bridgehead atoms. The van der Waals surface area contributed by atoms with Crippen LogP contribution in [0.5, 0.6) is 0 Å². The number of aryl methyl sites for hydroxylation is 1. The van der Waals surface area contributed by atoms with Crippen LogP contribution in [0.25, 0.3) is 39.2 Å². The topological polar surface area (TPSA) is 100 Å². The van der Waals surface area contributed by atoms with E-state index in [9.17, 15) is 4.79 Å². The number of rotatable bonds is 3. The zero-order valence-corrected chi connectivity index (χ0v) is 16.0. The molecule has 0 radical (unpaired) electrons. The molecule has 0 atom stereocenters. The zero-order valence-electron chi connectivity index (χ0n) is 16.0. The van der Waals surface area contributed by atoms with Crippen molar-refractivity contribution in [3.63, 3.8) is 0 Å². The van der Waals surface area contributed by atoms with Crippen molar-refractivity contribution in [1.29, 1.82) is 5.26 Å². The third kappa shape index (κ3) is 2.97. The summed E-state index contributed by atoms with van der Waals surface area (Å²) in [7, 11) is 0. The van der Waals surface area contributed by atoms with Crippen molar-refractivity contribution >= 4 is 11.0 Å². The SMILES string of the molecule is Cc1cc(-c2cccc(-n3cnc4ccc(-c5noc(=O)[nH]5)cc43)c2)ccc1C#N. The van der Waals surface area contributed by atoms with E-state index in [1.165, 1.54) is 0 Å². The number of aromatic amines is 1. The van der Waals surface area contributed by atoms with Crippen LogP contribution in [0.2, 0.25) is 0 Å². The second-order valence-corrected chi connectivity index (χ2v) is 6.95. The molecule has 0 aliphatic rings. The first kappa shape index (κ1) is 17.6. The molecule has 0 saturated carbocycles. The molecular weight excluding hydrogens is 378 g/mol. The Morgan fingerprint density at radius 3 is 2.63 bits per heavy atom. The first-order chi connectivity index (χ1) is 14.6. The number of H-pyrrole nitrogens is 1. The molecule has 0 aliphatic carbocycles. The first-order valence-electron chi connectivity index (χ1n) is 9.27. The first-order valence-corrected chi connectivity index (χ1v) is 9.27. The average Bonchev–Trinajstić information content (AvgIpc) is 3.39. The summed E-state index contributed by atoms with van der Waals surface area (Å²) < 4.78 is 6.60. The number of aromatic nitrogens is 4. The molecule has 5 aromatic rings. The highest BCUT2D eigenvalue weighted by molar-refractivity contribution is 5.82. The Labute approximate surface area is 170 Å². The second-order valence-electron chi connectivity index (χ2n) is 6.95. The van der Waals surface area contributed by atoms with Gasteiger partial charge in [-0.3, -0.25) is 14.1 Å². The van der Waals surface area contributed by atoms with E-state index in [0.717, 1.165) is 39.0 Å². The number of hydrogen-bond donors (Lipinski definition) is 1. The minimum atomic E-state index is -0.594. The van der Waals surface area contributed by atoms with Crippen LogP contribution >= 0.6 is 0 Å². The van der Waals surface area contributed by atoms with Gasteiger partial charge in [0.25, 0.3) is 0 Å². The maximum atomic E-state index is 11.3. The number of hydrogen-bond acceptors (Lipinski definition) is 5. The molecule has 7 nitrogen and oxygen atoms in total. The number of nitrogens with one attached hydrogen (secondary N) is 1. The van der Waals surface area contributed by atoms with Crippen LogP contribution in [0.4, 0.5) is 0 Å². The third-order valence-electron chi connectivity index (χ3n) is 5.07. The number of fused-ring (bicyclic) bond motifs is 1. The highest BCUT2D eigenvalue weighted by atomic mass is 16.5. The fourth-order valence-corrected chi connectivity index (χ4v) is 3.52. The number of nitriles is 1. The molecule has 3 aromatic carbocycles. The second kappa shape index (κ2) is 6.87. The van der Waals surface area contributed by atoms with Crippen molar-refractivity contribution in [1.82, 2.24) is 19.7 Å². The van der Waals surface area contributed by atoms with E-state index >= 15 is 0 Å². The number of nitrogens with zero attached hydrogens (tertiary/aromatic N) is 4. The van der Waals surface area contributed by atoms with Crippen molar-refractivity contribution in [3.8, 4) is 34.3 Å². The Kier molecular flexibility index (Phi) is 4.04. The summed E-state index contributed by atoms with van der Waals surface area (Å²) in [6, 6.07) is 21.7. The van der Waals surface area contributed by atoms with Gasteiger partial charge in [0, 0.05) is 11.3 Å². The van der Waals surface area contributed by atoms with Crippen molar-refractivity contribution in [2.24, 2.45) is 0 Å². The highest BCUT2D eigenvalue weighted by Gasteiger charge is 2.11. The molecule has 0 spiro atoms. The smallest absolute Gasteiger partial charge is 0.299 e. The molecule has 0 saturated heterocycles. The molecule has 0 unspecified atom stereocenters. The summed E-state index contributed by atoms with van der Waals surface area (Å²) in [4.78, 5) is 18.3. The third-order valence-corrected chi connectivity index (χ3v) is 5.07. The fourth-order valence-electron chi connectivity index (χ4n) is 3.52. The van der Waals surface area contributed by atoms with E-state index < -0.39 is 5.76 Å². The van der Waals surface area contributed by atoms with Crippen LogP contribution in [0.15, 0.2) is 76.3 Å². The minimum Gasteiger partial charge on any atom is -0.299 e. The summed E-state index contributed by atoms with van der Waals surface area (Å²) in [6.45, 7) is 1.94. The van der Waals surface area contributed by atoms with Crippen molar-refractivity contribution < 1.29 is 4.52 Å². The van der Waals surface area contributed by atoms with Gasteiger partial charge in [0.15, 0.2) is 5.82 Å². The molecule has 5 rings (SSSR count). The summed E-state index contributed by atoms with van der Waals surface area (Å²) in [5.74, 6) is -0.222. The van der Waals surface area contributed by atoms with Crippen LogP contribution in [0, 0.1) is 18.3 Å². The summed E-state index contributed by atoms with van der Waals surface area (Å²) in [5, 5.41) is 12.9. The molecule has 0 amide bonds. The van der Waals surface area contributed by atoms with Gasteiger partial charge in [0.2, 0.25) is 0 Å². The zero-order chi connectivity index (χ0) is 20.7. The maximum Gasteiger partial charge on any atom is 0.439 e.